The highest BCUT2D eigenvalue weighted by Gasteiger charge is 2.25. The molecule has 0 spiro atoms. The van der Waals surface area contributed by atoms with Crippen LogP contribution in [0, 0.1) is 0 Å². The molecule has 1 heterocycles. The largest absolute Gasteiger partial charge is 0.481 e. The summed E-state index contributed by atoms with van der Waals surface area (Å²) < 4.78 is 5.24. The van der Waals surface area contributed by atoms with Crippen molar-refractivity contribution in [3.63, 3.8) is 0 Å². The monoisotopic (exact) mass is 244 g/mol. The predicted octanol–water partition coefficient (Wildman–Crippen LogP) is 0.718. The Morgan fingerprint density at radius 2 is 2.18 bits per heavy atom. The number of carboxylic acid groups (broad SMARTS) is 1. The molecule has 98 valence electrons. The van der Waals surface area contributed by atoms with Gasteiger partial charge < -0.3 is 20.5 Å². The van der Waals surface area contributed by atoms with Crippen LogP contribution in [0.2, 0.25) is 0 Å². The average Bonchev–Trinajstić information content (AvgIpc) is 2.15. The van der Waals surface area contributed by atoms with Crippen molar-refractivity contribution in [1.82, 2.24) is 10.6 Å². The minimum Gasteiger partial charge on any atom is -0.481 e. The van der Waals surface area contributed by atoms with Gasteiger partial charge in [-0.1, -0.05) is 0 Å². The minimum atomic E-state index is -0.934. The zero-order chi connectivity index (χ0) is 12.9. The van der Waals surface area contributed by atoms with Gasteiger partial charge in [0.25, 0.3) is 0 Å². The van der Waals surface area contributed by atoms with Gasteiger partial charge in [-0.25, -0.2) is 4.79 Å². The van der Waals surface area contributed by atoms with Crippen LogP contribution in [-0.4, -0.2) is 41.9 Å². The summed E-state index contributed by atoms with van der Waals surface area (Å²) in [6, 6.07) is -0.323. The summed E-state index contributed by atoms with van der Waals surface area (Å²) in [7, 11) is 0. The van der Waals surface area contributed by atoms with Crippen LogP contribution in [0.3, 0.4) is 0 Å². The van der Waals surface area contributed by atoms with Gasteiger partial charge in [0.05, 0.1) is 19.1 Å². The van der Waals surface area contributed by atoms with Crippen molar-refractivity contribution in [3.8, 4) is 0 Å². The van der Waals surface area contributed by atoms with Crippen molar-refractivity contribution in [2.45, 2.75) is 44.7 Å². The van der Waals surface area contributed by atoms with Crippen molar-refractivity contribution in [2.24, 2.45) is 0 Å². The SMILES string of the molecule is CC(C)(CC(=O)O)NC(=O)NC1CCCOC1. The number of carbonyl (C=O) groups excluding carboxylic acids is 1. The summed E-state index contributed by atoms with van der Waals surface area (Å²) in [6.45, 7) is 4.62. The topological polar surface area (TPSA) is 87.7 Å². The number of nitrogens with one attached hydrogen (secondary N) is 2. The summed E-state index contributed by atoms with van der Waals surface area (Å²) in [5.74, 6) is -0.934. The number of aliphatic carboxylic acids is 1. The van der Waals surface area contributed by atoms with Gasteiger partial charge in [0.15, 0.2) is 0 Å². The van der Waals surface area contributed by atoms with Crippen molar-refractivity contribution < 1.29 is 19.4 Å². The zero-order valence-electron chi connectivity index (χ0n) is 10.3. The Balaban J connectivity index is 2.34. The molecule has 0 bridgehead atoms. The molecule has 1 atom stereocenters. The second-order valence-corrected chi connectivity index (χ2v) is 4.97. The maximum Gasteiger partial charge on any atom is 0.315 e. The second kappa shape index (κ2) is 5.86. The van der Waals surface area contributed by atoms with Gasteiger partial charge >= 0.3 is 12.0 Å². The first-order valence-corrected chi connectivity index (χ1v) is 5.77. The molecule has 0 aliphatic carbocycles. The van der Waals surface area contributed by atoms with E-state index in [2.05, 4.69) is 10.6 Å². The van der Waals surface area contributed by atoms with Gasteiger partial charge in [0.1, 0.15) is 0 Å². The Kier molecular flexibility index (Phi) is 4.74. The lowest BCUT2D eigenvalue weighted by Crippen LogP contribution is -2.53. The van der Waals surface area contributed by atoms with E-state index in [1.807, 2.05) is 0 Å². The third-order valence-corrected chi connectivity index (χ3v) is 2.54. The molecule has 3 N–H and O–H groups in total. The Morgan fingerprint density at radius 1 is 1.47 bits per heavy atom. The fraction of sp³-hybridized carbons (Fsp3) is 0.818. The van der Waals surface area contributed by atoms with Crippen LogP contribution >= 0.6 is 0 Å². The molecule has 0 aromatic rings. The fourth-order valence-corrected chi connectivity index (χ4v) is 1.81. The maximum absolute atomic E-state index is 11.6. The van der Waals surface area contributed by atoms with E-state index in [-0.39, 0.29) is 18.5 Å². The number of ether oxygens (including phenoxy) is 1. The summed E-state index contributed by atoms with van der Waals surface area (Å²) >= 11 is 0. The first-order chi connectivity index (χ1) is 7.89. The van der Waals surface area contributed by atoms with Crippen molar-refractivity contribution >= 4 is 12.0 Å². The minimum absolute atomic E-state index is 0.0179. The van der Waals surface area contributed by atoms with Gasteiger partial charge in [-0.05, 0) is 26.7 Å². The third kappa shape index (κ3) is 5.53. The second-order valence-electron chi connectivity index (χ2n) is 4.97. The highest BCUT2D eigenvalue weighted by atomic mass is 16.5. The van der Waals surface area contributed by atoms with Crippen molar-refractivity contribution in [1.29, 1.82) is 0 Å². The fourth-order valence-electron chi connectivity index (χ4n) is 1.81. The normalized spacial score (nSPS) is 20.7. The Morgan fingerprint density at radius 3 is 2.71 bits per heavy atom. The molecule has 6 nitrogen and oxygen atoms in total. The smallest absolute Gasteiger partial charge is 0.315 e. The molecular weight excluding hydrogens is 224 g/mol. The molecule has 0 aromatic heterocycles. The Labute approximate surface area is 101 Å². The molecule has 1 aliphatic heterocycles. The molecular formula is C11H20N2O4. The van der Waals surface area contributed by atoms with Crippen LogP contribution in [0.1, 0.15) is 33.1 Å². The molecule has 2 amide bonds. The van der Waals surface area contributed by atoms with Gasteiger partial charge in [-0.3, -0.25) is 4.79 Å². The molecule has 0 radical (unpaired) electrons. The van der Waals surface area contributed by atoms with Gasteiger partial charge in [-0.2, -0.15) is 0 Å². The first kappa shape index (κ1) is 13.8. The quantitative estimate of drug-likeness (QED) is 0.680. The molecule has 6 heteroatoms. The molecule has 1 saturated heterocycles. The van der Waals surface area contributed by atoms with Crippen LogP contribution in [0.4, 0.5) is 4.79 Å². The number of hydrogen-bond donors (Lipinski definition) is 3. The number of rotatable bonds is 4. The van der Waals surface area contributed by atoms with E-state index in [1.54, 1.807) is 13.8 Å². The van der Waals surface area contributed by atoms with Crippen molar-refractivity contribution in [2.75, 3.05) is 13.2 Å². The molecule has 1 fully saturated rings. The highest BCUT2D eigenvalue weighted by Crippen LogP contribution is 2.09. The highest BCUT2D eigenvalue weighted by molar-refractivity contribution is 5.76. The number of urea groups is 1. The van der Waals surface area contributed by atoms with E-state index in [0.29, 0.717) is 6.61 Å². The van der Waals surface area contributed by atoms with E-state index >= 15 is 0 Å². The van der Waals surface area contributed by atoms with Gasteiger partial charge in [0, 0.05) is 12.1 Å². The third-order valence-electron chi connectivity index (χ3n) is 2.54. The van der Waals surface area contributed by atoms with Crippen molar-refractivity contribution in [3.05, 3.63) is 0 Å². The van der Waals surface area contributed by atoms with Crippen LogP contribution in [0.5, 0.6) is 0 Å². The van der Waals surface area contributed by atoms with Crippen LogP contribution in [0.15, 0.2) is 0 Å². The summed E-state index contributed by atoms with van der Waals surface area (Å²) in [4.78, 5) is 22.2. The number of hydrogen-bond acceptors (Lipinski definition) is 3. The standard InChI is InChI=1S/C11H20N2O4/c1-11(2,6-9(14)15)13-10(16)12-8-4-3-5-17-7-8/h8H,3-7H2,1-2H3,(H,14,15)(H2,12,13,16). The van der Waals surface area contributed by atoms with E-state index in [0.717, 1.165) is 19.4 Å². The average molecular weight is 244 g/mol. The zero-order valence-corrected chi connectivity index (χ0v) is 10.3. The predicted molar refractivity (Wildman–Crippen MR) is 61.8 cm³/mol. The lowest BCUT2D eigenvalue weighted by atomic mass is 10.0. The van der Waals surface area contributed by atoms with Gasteiger partial charge in [-0.15, -0.1) is 0 Å². The molecule has 0 aromatic carbocycles. The lowest BCUT2D eigenvalue weighted by molar-refractivity contribution is -0.138. The summed E-state index contributed by atoms with van der Waals surface area (Å²) in [6.07, 6.45) is 1.72. The van der Waals surface area contributed by atoms with E-state index in [9.17, 15) is 9.59 Å². The number of carbonyl (C=O) groups is 2. The molecule has 1 rings (SSSR count). The van der Waals surface area contributed by atoms with Crippen LogP contribution in [0.25, 0.3) is 0 Å². The molecule has 1 aliphatic rings. The summed E-state index contributed by atoms with van der Waals surface area (Å²) in [5.41, 5.74) is -0.758. The van der Waals surface area contributed by atoms with E-state index in [4.69, 9.17) is 9.84 Å². The molecule has 0 saturated carbocycles. The van der Waals surface area contributed by atoms with Crippen LogP contribution in [-0.2, 0) is 9.53 Å². The maximum atomic E-state index is 11.6. The first-order valence-electron chi connectivity index (χ1n) is 5.77. The van der Waals surface area contributed by atoms with E-state index < -0.39 is 11.5 Å². The van der Waals surface area contributed by atoms with Crippen LogP contribution < -0.4 is 10.6 Å². The molecule has 1 unspecified atom stereocenters. The Bertz CT molecular complexity index is 285. The number of amides is 2. The van der Waals surface area contributed by atoms with Gasteiger partial charge in [0.2, 0.25) is 0 Å². The van der Waals surface area contributed by atoms with E-state index in [1.165, 1.54) is 0 Å². The Hall–Kier alpha value is -1.30. The number of carboxylic acids is 1. The lowest BCUT2D eigenvalue weighted by Gasteiger charge is -2.28. The molecule has 17 heavy (non-hydrogen) atoms. The summed E-state index contributed by atoms with van der Waals surface area (Å²) in [5, 5.41) is 14.1.